The standard InChI is InChI=1S/C24H42N4O2.HI/c1-6-30-23(19(2)3)11-14-26-24(25-4)27-17-20-12-15-28(16-13-20)18-21-7-9-22(29-5)10-8-21;/h7-10,19-20,23H,6,11-18H2,1-5H3,(H2,25,26,27);1H. The van der Waals surface area contributed by atoms with Gasteiger partial charge in [0.2, 0.25) is 0 Å². The first kappa shape index (κ1) is 28.0. The third-order valence-corrected chi connectivity index (χ3v) is 5.90. The summed E-state index contributed by atoms with van der Waals surface area (Å²) in [6, 6.07) is 8.42. The molecule has 0 saturated carbocycles. The number of likely N-dealkylation sites (tertiary alicyclic amines) is 1. The highest BCUT2D eigenvalue weighted by atomic mass is 127. The average molecular weight is 547 g/mol. The first-order valence-corrected chi connectivity index (χ1v) is 11.5. The van der Waals surface area contributed by atoms with Crippen LogP contribution in [0.2, 0.25) is 0 Å². The predicted octanol–water partition coefficient (Wildman–Crippen LogP) is 4.14. The van der Waals surface area contributed by atoms with Gasteiger partial charge in [0.25, 0.3) is 0 Å². The monoisotopic (exact) mass is 546 g/mol. The van der Waals surface area contributed by atoms with Gasteiger partial charge in [-0.15, -0.1) is 24.0 Å². The molecular formula is C24H43IN4O2. The van der Waals surface area contributed by atoms with Crippen LogP contribution in [-0.4, -0.2) is 63.9 Å². The van der Waals surface area contributed by atoms with Crippen LogP contribution in [0.4, 0.5) is 0 Å². The predicted molar refractivity (Wildman–Crippen MR) is 141 cm³/mol. The second-order valence-electron chi connectivity index (χ2n) is 8.47. The van der Waals surface area contributed by atoms with Gasteiger partial charge in [-0.1, -0.05) is 26.0 Å². The van der Waals surface area contributed by atoms with Gasteiger partial charge in [-0.25, -0.2) is 0 Å². The fourth-order valence-corrected chi connectivity index (χ4v) is 3.96. The molecule has 178 valence electrons. The highest BCUT2D eigenvalue weighted by Gasteiger charge is 2.19. The van der Waals surface area contributed by atoms with E-state index in [0.29, 0.717) is 17.9 Å². The smallest absolute Gasteiger partial charge is 0.190 e. The van der Waals surface area contributed by atoms with Crippen molar-refractivity contribution in [1.29, 1.82) is 0 Å². The first-order valence-electron chi connectivity index (χ1n) is 11.5. The van der Waals surface area contributed by atoms with E-state index in [1.54, 1.807) is 7.11 Å². The van der Waals surface area contributed by atoms with Gasteiger partial charge in [-0.2, -0.15) is 0 Å². The first-order chi connectivity index (χ1) is 14.5. The molecule has 31 heavy (non-hydrogen) atoms. The lowest BCUT2D eigenvalue weighted by Gasteiger charge is -2.32. The number of halogens is 1. The summed E-state index contributed by atoms with van der Waals surface area (Å²) in [4.78, 5) is 6.92. The van der Waals surface area contributed by atoms with E-state index in [4.69, 9.17) is 9.47 Å². The zero-order chi connectivity index (χ0) is 21.8. The van der Waals surface area contributed by atoms with E-state index >= 15 is 0 Å². The Morgan fingerprint density at radius 3 is 2.39 bits per heavy atom. The normalized spacial score (nSPS) is 16.6. The largest absolute Gasteiger partial charge is 0.497 e. The number of nitrogens with zero attached hydrogens (tertiary/aromatic N) is 2. The second kappa shape index (κ2) is 15.7. The summed E-state index contributed by atoms with van der Waals surface area (Å²) in [5.74, 6) is 3.05. The molecule has 0 spiro atoms. The van der Waals surface area contributed by atoms with Crippen LogP contribution < -0.4 is 15.4 Å². The molecule has 2 N–H and O–H groups in total. The topological polar surface area (TPSA) is 58.1 Å². The quantitative estimate of drug-likeness (QED) is 0.248. The van der Waals surface area contributed by atoms with Crippen LogP contribution in [-0.2, 0) is 11.3 Å². The summed E-state index contributed by atoms with van der Waals surface area (Å²) < 4.78 is 11.1. The number of guanidine groups is 1. The van der Waals surface area contributed by atoms with Crippen molar-refractivity contribution < 1.29 is 9.47 Å². The van der Waals surface area contributed by atoms with Crippen molar-refractivity contribution in [3.8, 4) is 5.75 Å². The fourth-order valence-electron chi connectivity index (χ4n) is 3.96. The van der Waals surface area contributed by atoms with Crippen LogP contribution in [0, 0.1) is 11.8 Å². The van der Waals surface area contributed by atoms with Crippen LogP contribution in [0.15, 0.2) is 29.3 Å². The van der Waals surface area contributed by atoms with Crippen LogP contribution in [0.25, 0.3) is 0 Å². The van der Waals surface area contributed by atoms with Crippen molar-refractivity contribution in [3.05, 3.63) is 29.8 Å². The summed E-state index contributed by atoms with van der Waals surface area (Å²) >= 11 is 0. The number of hydrogen-bond donors (Lipinski definition) is 2. The minimum Gasteiger partial charge on any atom is -0.497 e. The van der Waals surface area contributed by atoms with Crippen molar-refractivity contribution in [2.75, 3.05) is 46.9 Å². The maximum Gasteiger partial charge on any atom is 0.190 e. The third-order valence-electron chi connectivity index (χ3n) is 5.90. The highest BCUT2D eigenvalue weighted by molar-refractivity contribution is 14.0. The lowest BCUT2D eigenvalue weighted by molar-refractivity contribution is 0.0258. The SMILES string of the molecule is CCOC(CCNC(=NC)NCC1CCN(Cc2ccc(OC)cc2)CC1)C(C)C.I. The summed E-state index contributed by atoms with van der Waals surface area (Å²) in [6.45, 7) is 12.4. The van der Waals surface area contributed by atoms with E-state index in [-0.39, 0.29) is 24.0 Å². The van der Waals surface area contributed by atoms with E-state index < -0.39 is 0 Å². The molecule has 1 aromatic carbocycles. The minimum atomic E-state index is 0. The number of rotatable bonds is 11. The number of hydrogen-bond acceptors (Lipinski definition) is 4. The van der Waals surface area contributed by atoms with E-state index in [1.165, 1.54) is 18.4 Å². The van der Waals surface area contributed by atoms with E-state index in [9.17, 15) is 0 Å². The lowest BCUT2D eigenvalue weighted by atomic mass is 9.96. The Morgan fingerprint density at radius 1 is 1.16 bits per heavy atom. The van der Waals surface area contributed by atoms with Crippen molar-refractivity contribution in [2.45, 2.75) is 52.7 Å². The molecule has 1 fully saturated rings. The second-order valence-corrected chi connectivity index (χ2v) is 8.47. The molecule has 1 aliphatic rings. The molecule has 1 atom stereocenters. The molecule has 0 bridgehead atoms. The van der Waals surface area contributed by atoms with E-state index in [1.807, 2.05) is 19.2 Å². The maximum atomic E-state index is 5.83. The molecular weight excluding hydrogens is 503 g/mol. The van der Waals surface area contributed by atoms with Crippen LogP contribution in [0.3, 0.4) is 0 Å². The summed E-state index contributed by atoms with van der Waals surface area (Å²) in [7, 11) is 3.55. The van der Waals surface area contributed by atoms with Crippen LogP contribution in [0.1, 0.15) is 45.6 Å². The van der Waals surface area contributed by atoms with E-state index in [0.717, 1.165) is 57.5 Å². The van der Waals surface area contributed by atoms with Crippen molar-refractivity contribution in [1.82, 2.24) is 15.5 Å². The Labute approximate surface area is 206 Å². The van der Waals surface area contributed by atoms with Crippen molar-refractivity contribution in [3.63, 3.8) is 0 Å². The summed E-state index contributed by atoms with van der Waals surface area (Å²) in [5.41, 5.74) is 1.35. The summed E-state index contributed by atoms with van der Waals surface area (Å²) in [6.07, 6.45) is 3.74. The van der Waals surface area contributed by atoms with Crippen molar-refractivity contribution >= 4 is 29.9 Å². The Bertz CT molecular complexity index is 617. The number of aliphatic imine (C=N–C) groups is 1. The van der Waals surface area contributed by atoms with Gasteiger partial charge in [-0.3, -0.25) is 9.89 Å². The number of benzene rings is 1. The number of ether oxygens (including phenoxy) is 2. The molecule has 1 heterocycles. The molecule has 0 radical (unpaired) electrons. The number of piperidine rings is 1. The fraction of sp³-hybridized carbons (Fsp3) is 0.708. The Hall–Kier alpha value is -1.06. The van der Waals surface area contributed by atoms with Gasteiger partial charge in [-0.05, 0) is 68.8 Å². The third kappa shape index (κ3) is 10.4. The molecule has 1 unspecified atom stereocenters. The Kier molecular flexibility index (Phi) is 14.2. The lowest BCUT2D eigenvalue weighted by Crippen LogP contribution is -2.43. The van der Waals surface area contributed by atoms with Gasteiger partial charge in [0.15, 0.2) is 5.96 Å². The summed E-state index contributed by atoms with van der Waals surface area (Å²) in [5, 5.41) is 6.96. The highest BCUT2D eigenvalue weighted by Crippen LogP contribution is 2.19. The maximum absolute atomic E-state index is 5.83. The van der Waals surface area contributed by atoms with Gasteiger partial charge >= 0.3 is 0 Å². The van der Waals surface area contributed by atoms with Gasteiger partial charge in [0.05, 0.1) is 13.2 Å². The zero-order valence-corrected chi connectivity index (χ0v) is 22.4. The van der Waals surface area contributed by atoms with Crippen LogP contribution >= 0.6 is 24.0 Å². The molecule has 0 amide bonds. The van der Waals surface area contributed by atoms with Gasteiger partial charge in [0, 0.05) is 33.3 Å². The molecule has 1 aromatic rings. The van der Waals surface area contributed by atoms with E-state index in [2.05, 4.69) is 53.4 Å². The molecule has 1 aliphatic heterocycles. The van der Waals surface area contributed by atoms with Crippen molar-refractivity contribution in [2.24, 2.45) is 16.8 Å². The number of methoxy groups -OCH3 is 1. The Morgan fingerprint density at radius 2 is 1.84 bits per heavy atom. The zero-order valence-electron chi connectivity index (χ0n) is 20.0. The number of nitrogens with one attached hydrogen (secondary N) is 2. The molecule has 2 rings (SSSR count). The molecule has 0 aliphatic carbocycles. The van der Waals surface area contributed by atoms with Gasteiger partial charge < -0.3 is 20.1 Å². The Balaban J connectivity index is 0.00000480. The molecule has 6 nitrogen and oxygen atoms in total. The average Bonchev–Trinajstić information content (AvgIpc) is 2.76. The minimum absolute atomic E-state index is 0. The molecule has 7 heteroatoms. The van der Waals surface area contributed by atoms with Gasteiger partial charge in [0.1, 0.15) is 5.75 Å². The molecule has 1 saturated heterocycles. The van der Waals surface area contributed by atoms with Crippen LogP contribution in [0.5, 0.6) is 5.75 Å². The molecule has 0 aromatic heterocycles.